The quantitative estimate of drug-likeness (QED) is 0.342. The Morgan fingerprint density at radius 2 is 1.92 bits per heavy atom. The fraction of sp³-hybridized carbons (Fsp3) is 0.778. The maximum absolute atomic E-state index is 5.56. The third-order valence-electron chi connectivity index (χ3n) is 4.09. The summed E-state index contributed by atoms with van der Waals surface area (Å²) in [5.41, 5.74) is 3.42. The lowest BCUT2D eigenvalue weighted by molar-refractivity contribution is 0.129. The van der Waals surface area contributed by atoms with E-state index in [-0.39, 0.29) is 0 Å². The minimum Gasteiger partial charge on any atom is -0.383 e. The van der Waals surface area contributed by atoms with Crippen molar-refractivity contribution in [1.82, 2.24) is 20.4 Å². The van der Waals surface area contributed by atoms with Crippen molar-refractivity contribution in [3.8, 4) is 0 Å². The van der Waals surface area contributed by atoms with Gasteiger partial charge in [0, 0.05) is 51.7 Å². The average molecular weight is 354 g/mol. The van der Waals surface area contributed by atoms with E-state index in [4.69, 9.17) is 9.47 Å². The van der Waals surface area contributed by atoms with E-state index in [1.807, 2.05) is 11.6 Å². The number of aromatic nitrogens is 2. The highest BCUT2D eigenvalue weighted by Crippen LogP contribution is 2.12. The first-order valence-corrected chi connectivity index (χ1v) is 9.18. The Hall–Kier alpha value is -1.60. The summed E-state index contributed by atoms with van der Waals surface area (Å²) < 4.78 is 12.7. The highest BCUT2D eigenvalue weighted by molar-refractivity contribution is 5.79. The molecule has 144 valence electrons. The van der Waals surface area contributed by atoms with E-state index < -0.39 is 0 Å². The van der Waals surface area contributed by atoms with Crippen LogP contribution < -0.4 is 10.6 Å². The van der Waals surface area contributed by atoms with Crippen LogP contribution in [0.4, 0.5) is 0 Å². The van der Waals surface area contributed by atoms with E-state index in [1.54, 1.807) is 14.2 Å². The molecule has 0 saturated heterocycles. The zero-order valence-electron chi connectivity index (χ0n) is 16.5. The van der Waals surface area contributed by atoms with Crippen LogP contribution in [0.1, 0.15) is 43.1 Å². The van der Waals surface area contributed by atoms with E-state index in [9.17, 15) is 0 Å². The van der Waals surface area contributed by atoms with Crippen molar-refractivity contribution in [3.05, 3.63) is 17.0 Å². The lowest BCUT2D eigenvalue weighted by Gasteiger charge is -2.12. The molecule has 0 aromatic carbocycles. The number of hydrogen-bond acceptors (Lipinski definition) is 4. The number of nitrogens with zero attached hydrogens (tertiary/aromatic N) is 3. The summed E-state index contributed by atoms with van der Waals surface area (Å²) >= 11 is 0. The lowest BCUT2D eigenvalue weighted by Crippen LogP contribution is -2.37. The largest absolute Gasteiger partial charge is 0.383 e. The first-order valence-electron chi connectivity index (χ1n) is 9.18. The van der Waals surface area contributed by atoms with Crippen molar-refractivity contribution in [2.24, 2.45) is 4.99 Å². The highest BCUT2D eigenvalue weighted by Gasteiger charge is 2.11. The van der Waals surface area contributed by atoms with Crippen LogP contribution in [0.25, 0.3) is 0 Å². The SMILES string of the molecule is CCCCOCCCNC(=NC)NCc1c(C)nn(CCOC)c1C. The standard InChI is InChI=1S/C18H35N5O2/c1-6-7-11-25-12-8-9-20-18(19-4)21-14-17-15(2)22-23(16(17)3)10-13-24-5/h6-14H2,1-5H3,(H2,19,20,21). The predicted octanol–water partition coefficient (Wildman–Crippen LogP) is 2.02. The fourth-order valence-electron chi connectivity index (χ4n) is 2.51. The van der Waals surface area contributed by atoms with Gasteiger partial charge in [-0.05, 0) is 26.7 Å². The van der Waals surface area contributed by atoms with Gasteiger partial charge < -0.3 is 20.1 Å². The van der Waals surface area contributed by atoms with Crippen LogP contribution in [0.5, 0.6) is 0 Å². The minimum atomic E-state index is 0.665. The van der Waals surface area contributed by atoms with Crippen LogP contribution in [0.3, 0.4) is 0 Å². The van der Waals surface area contributed by atoms with E-state index in [0.29, 0.717) is 13.2 Å². The molecular weight excluding hydrogens is 318 g/mol. The van der Waals surface area contributed by atoms with Crippen LogP contribution in [-0.4, -0.2) is 56.3 Å². The smallest absolute Gasteiger partial charge is 0.191 e. The summed E-state index contributed by atoms with van der Waals surface area (Å²) in [6.45, 7) is 10.9. The summed E-state index contributed by atoms with van der Waals surface area (Å²) in [4.78, 5) is 4.27. The van der Waals surface area contributed by atoms with Gasteiger partial charge in [-0.25, -0.2) is 0 Å². The second-order valence-corrected chi connectivity index (χ2v) is 6.04. The van der Waals surface area contributed by atoms with Crippen LogP contribution in [0.2, 0.25) is 0 Å². The molecule has 7 heteroatoms. The molecule has 7 nitrogen and oxygen atoms in total. The molecule has 1 heterocycles. The zero-order chi connectivity index (χ0) is 18.5. The molecule has 0 radical (unpaired) electrons. The summed E-state index contributed by atoms with van der Waals surface area (Å²) in [6, 6.07) is 0. The molecule has 2 N–H and O–H groups in total. The third-order valence-corrected chi connectivity index (χ3v) is 4.09. The monoisotopic (exact) mass is 353 g/mol. The molecule has 25 heavy (non-hydrogen) atoms. The van der Waals surface area contributed by atoms with E-state index >= 15 is 0 Å². The Morgan fingerprint density at radius 3 is 2.60 bits per heavy atom. The van der Waals surface area contributed by atoms with Crippen molar-refractivity contribution in [2.45, 2.75) is 53.1 Å². The second kappa shape index (κ2) is 12.7. The number of nitrogens with one attached hydrogen (secondary N) is 2. The summed E-state index contributed by atoms with van der Waals surface area (Å²) in [5.74, 6) is 0.803. The topological polar surface area (TPSA) is 72.7 Å². The van der Waals surface area contributed by atoms with Crippen molar-refractivity contribution in [3.63, 3.8) is 0 Å². The molecule has 0 aliphatic carbocycles. The van der Waals surface area contributed by atoms with Gasteiger partial charge in [-0.3, -0.25) is 9.67 Å². The zero-order valence-corrected chi connectivity index (χ0v) is 16.5. The number of unbranched alkanes of at least 4 members (excludes halogenated alkanes) is 1. The molecule has 0 atom stereocenters. The molecule has 0 amide bonds. The molecule has 0 spiro atoms. The van der Waals surface area contributed by atoms with Crippen molar-refractivity contribution >= 4 is 5.96 Å². The number of guanidine groups is 1. The van der Waals surface area contributed by atoms with Gasteiger partial charge >= 0.3 is 0 Å². The number of rotatable bonds is 12. The number of ether oxygens (including phenoxy) is 2. The van der Waals surface area contributed by atoms with Gasteiger partial charge in [-0.1, -0.05) is 13.3 Å². The van der Waals surface area contributed by atoms with Crippen molar-refractivity contribution in [1.29, 1.82) is 0 Å². The molecule has 1 aromatic rings. The summed E-state index contributed by atoms with van der Waals surface area (Å²) in [5, 5.41) is 11.3. The van der Waals surface area contributed by atoms with Gasteiger partial charge in [0.15, 0.2) is 5.96 Å². The maximum Gasteiger partial charge on any atom is 0.191 e. The minimum absolute atomic E-state index is 0.665. The predicted molar refractivity (Wildman–Crippen MR) is 102 cm³/mol. The van der Waals surface area contributed by atoms with Gasteiger partial charge in [0.2, 0.25) is 0 Å². The van der Waals surface area contributed by atoms with Crippen molar-refractivity contribution in [2.75, 3.05) is 40.5 Å². The van der Waals surface area contributed by atoms with Gasteiger partial charge in [0.25, 0.3) is 0 Å². The van der Waals surface area contributed by atoms with Gasteiger partial charge in [-0.15, -0.1) is 0 Å². The highest BCUT2D eigenvalue weighted by atomic mass is 16.5. The molecule has 0 bridgehead atoms. The van der Waals surface area contributed by atoms with Gasteiger partial charge in [0.05, 0.1) is 18.8 Å². The number of aliphatic imine (C=N–C) groups is 1. The van der Waals surface area contributed by atoms with Crippen LogP contribution in [0, 0.1) is 13.8 Å². The number of aryl methyl sites for hydroxylation is 1. The molecular formula is C18H35N5O2. The average Bonchev–Trinajstić information content (AvgIpc) is 2.88. The number of methoxy groups -OCH3 is 1. The number of hydrogen-bond donors (Lipinski definition) is 2. The van der Waals surface area contributed by atoms with E-state index in [0.717, 1.165) is 50.8 Å². The first-order chi connectivity index (χ1) is 12.1. The molecule has 1 rings (SSSR count). The van der Waals surface area contributed by atoms with Crippen LogP contribution in [-0.2, 0) is 22.6 Å². The fourth-order valence-corrected chi connectivity index (χ4v) is 2.51. The van der Waals surface area contributed by atoms with Gasteiger partial charge in [-0.2, -0.15) is 5.10 Å². The van der Waals surface area contributed by atoms with E-state index in [2.05, 4.69) is 34.6 Å². The first kappa shape index (κ1) is 21.4. The molecule has 0 fully saturated rings. The summed E-state index contributed by atoms with van der Waals surface area (Å²) in [7, 11) is 3.49. The Kier molecular flexibility index (Phi) is 10.9. The molecule has 0 unspecified atom stereocenters. The molecule has 0 aliphatic rings. The van der Waals surface area contributed by atoms with Crippen molar-refractivity contribution < 1.29 is 9.47 Å². The Labute approximate surface area is 152 Å². The molecule has 1 aromatic heterocycles. The Balaban J connectivity index is 2.36. The summed E-state index contributed by atoms with van der Waals surface area (Å²) in [6.07, 6.45) is 3.28. The van der Waals surface area contributed by atoms with Gasteiger partial charge in [0.1, 0.15) is 0 Å². The Morgan fingerprint density at radius 1 is 1.16 bits per heavy atom. The van der Waals surface area contributed by atoms with Crippen LogP contribution in [0.15, 0.2) is 4.99 Å². The third kappa shape index (κ3) is 7.88. The molecule has 0 saturated carbocycles. The Bertz CT molecular complexity index is 514. The van der Waals surface area contributed by atoms with E-state index in [1.165, 1.54) is 17.7 Å². The molecule has 0 aliphatic heterocycles. The second-order valence-electron chi connectivity index (χ2n) is 6.04. The van der Waals surface area contributed by atoms with Crippen LogP contribution >= 0.6 is 0 Å². The lowest BCUT2D eigenvalue weighted by atomic mass is 10.2. The normalized spacial score (nSPS) is 11.8. The maximum atomic E-state index is 5.56.